The second-order valence-electron chi connectivity index (χ2n) is 6.00. The van der Waals surface area contributed by atoms with Crippen molar-refractivity contribution in [1.82, 2.24) is 0 Å². The second kappa shape index (κ2) is 4.85. The lowest BCUT2D eigenvalue weighted by Gasteiger charge is -2.32. The summed E-state index contributed by atoms with van der Waals surface area (Å²) in [6.07, 6.45) is 0. The van der Waals surface area contributed by atoms with E-state index in [4.69, 9.17) is 10.5 Å². The first kappa shape index (κ1) is 13.9. The number of amides is 1. The Balaban J connectivity index is 2.42. The zero-order valence-electron chi connectivity index (χ0n) is 12.1. The zero-order valence-corrected chi connectivity index (χ0v) is 12.1. The minimum absolute atomic E-state index is 0.00326. The van der Waals surface area contributed by atoms with Crippen molar-refractivity contribution in [3.05, 3.63) is 23.8 Å². The molecule has 2 N–H and O–H groups in total. The number of ether oxygens (including phenoxy) is 1. The van der Waals surface area contributed by atoms with Crippen LogP contribution in [0.25, 0.3) is 0 Å². The molecule has 1 aliphatic heterocycles. The average Bonchev–Trinajstić information content (AvgIpc) is 2.36. The first-order valence-corrected chi connectivity index (χ1v) is 6.67. The summed E-state index contributed by atoms with van der Waals surface area (Å²) >= 11 is 0. The monoisotopic (exact) mass is 262 g/mol. The largest absolute Gasteiger partial charge is 0.482 e. The molecule has 0 spiro atoms. The number of hydrogen-bond acceptors (Lipinski definition) is 3. The lowest BCUT2D eigenvalue weighted by atomic mass is 9.83. The van der Waals surface area contributed by atoms with Gasteiger partial charge >= 0.3 is 0 Å². The van der Waals surface area contributed by atoms with E-state index in [0.29, 0.717) is 6.54 Å². The van der Waals surface area contributed by atoms with Crippen LogP contribution in [0.15, 0.2) is 18.2 Å². The minimum atomic E-state index is -0.0754. The third-order valence-electron chi connectivity index (χ3n) is 3.53. The first-order chi connectivity index (χ1) is 8.84. The van der Waals surface area contributed by atoms with E-state index in [1.54, 1.807) is 4.90 Å². The van der Waals surface area contributed by atoms with Crippen molar-refractivity contribution in [2.45, 2.75) is 33.7 Å². The number of nitrogens with zero attached hydrogens (tertiary/aromatic N) is 1. The van der Waals surface area contributed by atoms with Crippen molar-refractivity contribution < 1.29 is 9.53 Å². The van der Waals surface area contributed by atoms with Crippen LogP contribution in [0.5, 0.6) is 5.75 Å². The highest BCUT2D eigenvalue weighted by Crippen LogP contribution is 2.37. The lowest BCUT2D eigenvalue weighted by molar-refractivity contribution is -0.121. The molecule has 4 nitrogen and oxygen atoms in total. The van der Waals surface area contributed by atoms with Gasteiger partial charge in [0.1, 0.15) is 5.75 Å². The molecule has 0 saturated heterocycles. The summed E-state index contributed by atoms with van der Waals surface area (Å²) in [6, 6.07) is 5.80. The SMILES string of the molecule is CCN1C(=O)COc2ccc(C(N)C(C)(C)C)cc21. The minimum Gasteiger partial charge on any atom is -0.482 e. The Kier molecular flexibility index (Phi) is 3.54. The molecular formula is C15H22N2O2. The summed E-state index contributed by atoms with van der Waals surface area (Å²) < 4.78 is 5.46. The Morgan fingerprint density at radius 1 is 1.42 bits per heavy atom. The van der Waals surface area contributed by atoms with Crippen molar-refractivity contribution in [3.63, 3.8) is 0 Å². The van der Waals surface area contributed by atoms with E-state index in [1.165, 1.54) is 0 Å². The molecule has 1 heterocycles. The number of carbonyl (C=O) groups is 1. The van der Waals surface area contributed by atoms with Crippen LogP contribution < -0.4 is 15.4 Å². The number of nitrogens with two attached hydrogens (primary N) is 1. The maximum absolute atomic E-state index is 11.8. The number of anilines is 1. The third kappa shape index (κ3) is 2.59. The van der Waals surface area contributed by atoms with E-state index in [-0.39, 0.29) is 24.0 Å². The predicted molar refractivity (Wildman–Crippen MR) is 76.3 cm³/mol. The number of hydrogen-bond donors (Lipinski definition) is 1. The summed E-state index contributed by atoms with van der Waals surface area (Å²) in [4.78, 5) is 13.6. The fourth-order valence-corrected chi connectivity index (χ4v) is 2.26. The maximum Gasteiger partial charge on any atom is 0.265 e. The van der Waals surface area contributed by atoms with E-state index >= 15 is 0 Å². The van der Waals surface area contributed by atoms with E-state index < -0.39 is 0 Å². The molecule has 2 rings (SSSR count). The Morgan fingerprint density at radius 2 is 2.11 bits per heavy atom. The van der Waals surface area contributed by atoms with E-state index in [0.717, 1.165) is 17.0 Å². The average molecular weight is 262 g/mol. The van der Waals surface area contributed by atoms with Gasteiger partial charge in [0.15, 0.2) is 6.61 Å². The maximum atomic E-state index is 11.8. The highest BCUT2D eigenvalue weighted by Gasteiger charge is 2.27. The molecule has 1 aliphatic rings. The van der Waals surface area contributed by atoms with Crippen LogP contribution in [0.3, 0.4) is 0 Å². The fourth-order valence-electron chi connectivity index (χ4n) is 2.26. The van der Waals surface area contributed by atoms with E-state index in [9.17, 15) is 4.79 Å². The van der Waals surface area contributed by atoms with Gasteiger partial charge < -0.3 is 15.4 Å². The van der Waals surface area contributed by atoms with Crippen LogP contribution >= 0.6 is 0 Å². The number of rotatable bonds is 2. The van der Waals surface area contributed by atoms with Crippen molar-refractivity contribution in [2.24, 2.45) is 11.1 Å². The molecule has 19 heavy (non-hydrogen) atoms. The molecule has 0 bridgehead atoms. The summed E-state index contributed by atoms with van der Waals surface area (Å²) in [6.45, 7) is 9.04. The predicted octanol–water partition coefficient (Wildman–Crippen LogP) is 2.48. The van der Waals surface area contributed by atoms with Crippen molar-refractivity contribution in [2.75, 3.05) is 18.1 Å². The molecular weight excluding hydrogens is 240 g/mol. The highest BCUT2D eigenvalue weighted by atomic mass is 16.5. The zero-order chi connectivity index (χ0) is 14.2. The van der Waals surface area contributed by atoms with Gasteiger partial charge in [-0.2, -0.15) is 0 Å². The molecule has 1 unspecified atom stereocenters. The van der Waals surface area contributed by atoms with Crippen molar-refractivity contribution in [1.29, 1.82) is 0 Å². The molecule has 0 radical (unpaired) electrons. The number of carbonyl (C=O) groups excluding carboxylic acids is 1. The van der Waals surface area contributed by atoms with Gasteiger partial charge in [-0.15, -0.1) is 0 Å². The molecule has 1 aromatic carbocycles. The van der Waals surface area contributed by atoms with Gasteiger partial charge in [-0.3, -0.25) is 4.79 Å². The molecule has 104 valence electrons. The molecule has 1 atom stereocenters. The molecule has 1 aromatic rings. The fraction of sp³-hybridized carbons (Fsp3) is 0.533. The summed E-state index contributed by atoms with van der Waals surface area (Å²) in [5.74, 6) is 0.753. The smallest absolute Gasteiger partial charge is 0.265 e. The standard InChI is InChI=1S/C15H22N2O2/c1-5-17-11-8-10(14(16)15(2,3)4)6-7-12(11)19-9-13(17)18/h6-8,14H,5,9,16H2,1-4H3. The Hall–Kier alpha value is -1.55. The molecule has 4 heteroatoms. The van der Waals surface area contributed by atoms with Crippen molar-refractivity contribution in [3.8, 4) is 5.75 Å². The van der Waals surface area contributed by atoms with Gasteiger partial charge in [0.25, 0.3) is 5.91 Å². The number of likely N-dealkylation sites (N-methyl/N-ethyl adjacent to an activating group) is 1. The Morgan fingerprint density at radius 3 is 2.68 bits per heavy atom. The first-order valence-electron chi connectivity index (χ1n) is 6.67. The summed E-state index contributed by atoms with van der Waals surface area (Å²) in [5, 5.41) is 0. The van der Waals surface area contributed by atoms with Crippen LogP contribution in [0.4, 0.5) is 5.69 Å². The van der Waals surface area contributed by atoms with Gasteiger partial charge in [-0.1, -0.05) is 26.8 Å². The summed E-state index contributed by atoms with van der Waals surface area (Å²) in [7, 11) is 0. The van der Waals surface area contributed by atoms with Crippen molar-refractivity contribution >= 4 is 11.6 Å². The molecule has 0 aliphatic carbocycles. The topological polar surface area (TPSA) is 55.6 Å². The third-order valence-corrected chi connectivity index (χ3v) is 3.53. The quantitative estimate of drug-likeness (QED) is 0.890. The Bertz CT molecular complexity index is 491. The van der Waals surface area contributed by atoms with Crippen LogP contribution in [0.2, 0.25) is 0 Å². The second-order valence-corrected chi connectivity index (χ2v) is 6.00. The van der Waals surface area contributed by atoms with Gasteiger partial charge in [0.05, 0.1) is 5.69 Å². The molecule has 0 fully saturated rings. The van der Waals surface area contributed by atoms with Crippen LogP contribution in [-0.2, 0) is 4.79 Å². The van der Waals surface area contributed by atoms with Crippen LogP contribution in [-0.4, -0.2) is 19.1 Å². The normalized spacial score (nSPS) is 16.9. The van der Waals surface area contributed by atoms with Gasteiger partial charge in [0.2, 0.25) is 0 Å². The van der Waals surface area contributed by atoms with E-state index in [1.807, 2.05) is 25.1 Å². The Labute approximate surface area is 114 Å². The highest BCUT2D eigenvalue weighted by molar-refractivity contribution is 5.97. The molecule has 0 aromatic heterocycles. The summed E-state index contributed by atoms with van der Waals surface area (Å²) in [5.41, 5.74) is 8.12. The van der Waals surface area contributed by atoms with Crippen LogP contribution in [0.1, 0.15) is 39.3 Å². The van der Waals surface area contributed by atoms with Gasteiger partial charge in [0, 0.05) is 12.6 Å². The number of fused-ring (bicyclic) bond motifs is 1. The van der Waals surface area contributed by atoms with Gasteiger partial charge in [-0.05, 0) is 30.0 Å². The molecule has 1 amide bonds. The van der Waals surface area contributed by atoms with Crippen LogP contribution in [0, 0.1) is 5.41 Å². The van der Waals surface area contributed by atoms with E-state index in [2.05, 4.69) is 20.8 Å². The lowest BCUT2D eigenvalue weighted by Crippen LogP contribution is -2.38. The number of benzene rings is 1. The molecule has 0 saturated carbocycles. The van der Waals surface area contributed by atoms with Gasteiger partial charge in [-0.25, -0.2) is 0 Å².